The first kappa shape index (κ1) is 15.1. The fourth-order valence-corrected chi connectivity index (χ4v) is 2.53. The first-order chi connectivity index (χ1) is 9.63. The molecule has 0 spiro atoms. The highest BCUT2D eigenvalue weighted by Gasteiger charge is 2.06. The maximum Gasteiger partial charge on any atom is 0.0815 e. The molecular formula is C16H22BrN3. The second kappa shape index (κ2) is 6.93. The Kier molecular flexibility index (Phi) is 5.24. The van der Waals surface area contributed by atoms with Crippen LogP contribution >= 0.6 is 15.9 Å². The zero-order valence-electron chi connectivity index (χ0n) is 12.4. The number of aryl methyl sites for hydroxylation is 1. The van der Waals surface area contributed by atoms with Gasteiger partial charge in [-0.3, -0.25) is 4.68 Å². The third-order valence-electron chi connectivity index (χ3n) is 3.61. The van der Waals surface area contributed by atoms with Gasteiger partial charge in [0.15, 0.2) is 0 Å². The van der Waals surface area contributed by atoms with E-state index in [9.17, 15) is 0 Å². The van der Waals surface area contributed by atoms with Crippen molar-refractivity contribution in [3.63, 3.8) is 0 Å². The molecule has 3 nitrogen and oxygen atoms in total. The van der Waals surface area contributed by atoms with Crippen LogP contribution in [0.2, 0.25) is 0 Å². The Morgan fingerprint density at radius 3 is 2.80 bits per heavy atom. The van der Waals surface area contributed by atoms with Crippen molar-refractivity contribution in [2.45, 2.75) is 46.2 Å². The summed E-state index contributed by atoms with van der Waals surface area (Å²) < 4.78 is 3.17. The lowest BCUT2D eigenvalue weighted by Crippen LogP contribution is -2.07. The van der Waals surface area contributed by atoms with Crippen molar-refractivity contribution >= 4 is 21.6 Å². The second-order valence-electron chi connectivity index (χ2n) is 5.05. The summed E-state index contributed by atoms with van der Waals surface area (Å²) in [4.78, 5) is 0. The molecule has 0 saturated heterocycles. The molecule has 2 rings (SSSR count). The van der Waals surface area contributed by atoms with Crippen molar-refractivity contribution in [2.75, 3.05) is 5.32 Å². The third-order valence-corrected chi connectivity index (χ3v) is 4.11. The summed E-state index contributed by atoms with van der Waals surface area (Å²) in [5.74, 6) is 0. The van der Waals surface area contributed by atoms with E-state index in [4.69, 9.17) is 0 Å². The van der Waals surface area contributed by atoms with Gasteiger partial charge < -0.3 is 5.32 Å². The first-order valence-electron chi connectivity index (χ1n) is 7.20. The predicted molar refractivity (Wildman–Crippen MR) is 88.1 cm³/mol. The normalized spacial score (nSPS) is 12.4. The molecule has 20 heavy (non-hydrogen) atoms. The topological polar surface area (TPSA) is 29.9 Å². The number of nitrogens with one attached hydrogen (secondary N) is 1. The highest BCUT2D eigenvalue weighted by molar-refractivity contribution is 9.10. The van der Waals surface area contributed by atoms with Crippen molar-refractivity contribution in [3.8, 4) is 0 Å². The van der Waals surface area contributed by atoms with E-state index in [2.05, 4.69) is 77.6 Å². The van der Waals surface area contributed by atoms with Gasteiger partial charge in [0, 0.05) is 22.4 Å². The van der Waals surface area contributed by atoms with E-state index in [0.29, 0.717) is 6.04 Å². The summed E-state index contributed by atoms with van der Waals surface area (Å²) in [5.41, 5.74) is 3.59. The number of benzene rings is 1. The maximum atomic E-state index is 4.61. The molecule has 1 N–H and O–H groups in total. The first-order valence-corrected chi connectivity index (χ1v) is 7.99. The average molecular weight is 336 g/mol. The number of aromatic nitrogens is 2. The van der Waals surface area contributed by atoms with Crippen molar-refractivity contribution in [1.82, 2.24) is 9.78 Å². The van der Waals surface area contributed by atoms with Crippen molar-refractivity contribution in [2.24, 2.45) is 0 Å². The number of halogens is 1. The summed E-state index contributed by atoms with van der Waals surface area (Å²) >= 11 is 3.52. The van der Waals surface area contributed by atoms with Gasteiger partial charge in [0.25, 0.3) is 0 Å². The number of hydrogen-bond donors (Lipinski definition) is 1. The van der Waals surface area contributed by atoms with Crippen LogP contribution in [0, 0.1) is 0 Å². The van der Waals surface area contributed by atoms with Gasteiger partial charge in [0.1, 0.15) is 0 Å². The minimum Gasteiger partial charge on any atom is -0.379 e. The molecule has 108 valence electrons. The number of rotatable bonds is 6. The van der Waals surface area contributed by atoms with E-state index in [1.165, 1.54) is 11.3 Å². The highest BCUT2D eigenvalue weighted by atomic mass is 79.9. The fourth-order valence-electron chi connectivity index (χ4n) is 2.12. The van der Waals surface area contributed by atoms with Crippen LogP contribution < -0.4 is 5.32 Å². The van der Waals surface area contributed by atoms with Crippen LogP contribution in [0.5, 0.6) is 0 Å². The van der Waals surface area contributed by atoms with E-state index in [1.807, 2.05) is 4.68 Å². The van der Waals surface area contributed by atoms with Crippen LogP contribution in [0.15, 0.2) is 34.9 Å². The Labute approximate surface area is 129 Å². The lowest BCUT2D eigenvalue weighted by molar-refractivity contribution is 0.474. The minimum atomic E-state index is 0.461. The second-order valence-corrected chi connectivity index (χ2v) is 5.97. The minimum absolute atomic E-state index is 0.461. The largest absolute Gasteiger partial charge is 0.379 e. The maximum absolute atomic E-state index is 4.61. The van der Waals surface area contributed by atoms with Crippen molar-refractivity contribution < 1.29 is 0 Å². The molecule has 1 atom stereocenters. The molecule has 0 bridgehead atoms. The number of hydrogen-bond acceptors (Lipinski definition) is 2. The van der Waals surface area contributed by atoms with Crippen LogP contribution in [0.3, 0.4) is 0 Å². The molecule has 1 heterocycles. The Hall–Kier alpha value is -1.29. The van der Waals surface area contributed by atoms with Gasteiger partial charge in [0.05, 0.1) is 12.2 Å². The van der Waals surface area contributed by atoms with Crippen molar-refractivity contribution in [3.05, 3.63) is 46.2 Å². The molecule has 1 aromatic carbocycles. The van der Waals surface area contributed by atoms with Gasteiger partial charge in [-0.15, -0.1) is 0 Å². The van der Waals surface area contributed by atoms with E-state index in [0.717, 1.165) is 29.6 Å². The molecule has 0 aliphatic carbocycles. The summed E-state index contributed by atoms with van der Waals surface area (Å²) in [6.07, 6.45) is 4.18. The van der Waals surface area contributed by atoms with E-state index < -0.39 is 0 Å². The standard InChI is InChI=1S/C16H22BrN3/c1-4-12(3)20-9-8-15(19-20)11-18-16-7-6-14(17)10-13(16)5-2/h6-10,12,18H,4-5,11H2,1-3H3. The Morgan fingerprint density at radius 2 is 2.10 bits per heavy atom. The summed E-state index contributed by atoms with van der Waals surface area (Å²) in [7, 11) is 0. The summed E-state index contributed by atoms with van der Waals surface area (Å²) in [5, 5.41) is 8.10. The molecule has 0 aliphatic heterocycles. The van der Waals surface area contributed by atoms with E-state index >= 15 is 0 Å². The van der Waals surface area contributed by atoms with E-state index in [1.54, 1.807) is 0 Å². The molecule has 1 unspecified atom stereocenters. The Bertz CT molecular complexity index is 563. The third kappa shape index (κ3) is 3.63. The average Bonchev–Trinajstić information content (AvgIpc) is 2.93. The molecule has 0 radical (unpaired) electrons. The van der Waals surface area contributed by atoms with Crippen molar-refractivity contribution in [1.29, 1.82) is 0 Å². The monoisotopic (exact) mass is 335 g/mol. The fraction of sp³-hybridized carbons (Fsp3) is 0.438. The molecule has 0 aliphatic rings. The summed E-state index contributed by atoms with van der Waals surface area (Å²) in [6.45, 7) is 7.30. The van der Waals surface area contributed by atoms with Crippen LogP contribution in [0.25, 0.3) is 0 Å². The Balaban J connectivity index is 2.03. The Morgan fingerprint density at radius 1 is 1.30 bits per heavy atom. The van der Waals surface area contributed by atoms with Crippen LogP contribution in [-0.2, 0) is 13.0 Å². The number of nitrogens with zero attached hydrogens (tertiary/aromatic N) is 2. The molecule has 4 heteroatoms. The van der Waals surface area contributed by atoms with Crippen LogP contribution in [-0.4, -0.2) is 9.78 Å². The summed E-state index contributed by atoms with van der Waals surface area (Å²) in [6, 6.07) is 8.90. The zero-order chi connectivity index (χ0) is 14.5. The van der Waals surface area contributed by atoms with E-state index in [-0.39, 0.29) is 0 Å². The molecular weight excluding hydrogens is 314 g/mol. The van der Waals surface area contributed by atoms with Gasteiger partial charge in [-0.05, 0) is 49.6 Å². The van der Waals surface area contributed by atoms with Gasteiger partial charge in [0.2, 0.25) is 0 Å². The molecule has 0 fully saturated rings. The SMILES string of the molecule is CCc1cc(Br)ccc1NCc1ccn(C(C)CC)n1. The van der Waals surface area contributed by atoms with Gasteiger partial charge in [-0.25, -0.2) is 0 Å². The molecule has 2 aromatic rings. The van der Waals surface area contributed by atoms with Gasteiger partial charge >= 0.3 is 0 Å². The quantitative estimate of drug-likeness (QED) is 0.822. The van der Waals surface area contributed by atoms with Crippen LogP contribution in [0.1, 0.15) is 44.5 Å². The molecule has 0 saturated carbocycles. The van der Waals surface area contributed by atoms with Gasteiger partial charge in [-0.2, -0.15) is 5.10 Å². The van der Waals surface area contributed by atoms with Crippen LogP contribution in [0.4, 0.5) is 5.69 Å². The van der Waals surface area contributed by atoms with Gasteiger partial charge in [-0.1, -0.05) is 29.8 Å². The zero-order valence-corrected chi connectivity index (χ0v) is 13.9. The highest BCUT2D eigenvalue weighted by Crippen LogP contribution is 2.22. The molecule has 0 amide bonds. The lowest BCUT2D eigenvalue weighted by Gasteiger charge is -2.11. The smallest absolute Gasteiger partial charge is 0.0815 e. The number of anilines is 1. The predicted octanol–water partition coefficient (Wildman–Crippen LogP) is 4.79. The lowest BCUT2D eigenvalue weighted by atomic mass is 10.1. The molecule has 1 aromatic heterocycles.